The van der Waals surface area contributed by atoms with Crippen molar-refractivity contribution in [1.82, 2.24) is 9.55 Å². The molecule has 17 heteroatoms. The van der Waals surface area contributed by atoms with Gasteiger partial charge in [-0.15, -0.1) is 0 Å². The monoisotopic (exact) mass is 528 g/mol. The highest BCUT2D eigenvalue weighted by Crippen LogP contribution is 2.61. The van der Waals surface area contributed by atoms with Gasteiger partial charge in [-0.25, -0.2) is 13.9 Å². The lowest BCUT2D eigenvalue weighted by Crippen LogP contribution is -2.39. The van der Waals surface area contributed by atoms with Crippen molar-refractivity contribution >= 4 is 15.6 Å². The summed E-state index contributed by atoms with van der Waals surface area (Å²) in [6.45, 7) is 5.78. The van der Waals surface area contributed by atoms with Crippen LogP contribution in [-0.2, 0) is 32.0 Å². The van der Waals surface area contributed by atoms with Gasteiger partial charge in [-0.3, -0.25) is 23.4 Å². The second-order valence-corrected chi connectivity index (χ2v) is 10.9. The summed E-state index contributed by atoms with van der Waals surface area (Å²) in [5.41, 5.74) is -0.870. The van der Waals surface area contributed by atoms with E-state index in [0.717, 1.165) is 4.57 Å². The number of phosphoric acid groups is 2. The lowest BCUT2D eigenvalue weighted by atomic mass is 10.0. The number of phosphoric ester groups is 2. The molecule has 0 spiro atoms. The largest absolute Gasteiger partial charge is 0.483 e. The molecule has 1 aromatic rings. The molecule has 2 aliphatic heterocycles. The van der Waals surface area contributed by atoms with Crippen LogP contribution in [0.4, 0.5) is 0 Å². The number of aliphatic hydroxyl groups excluding tert-OH is 2. The van der Waals surface area contributed by atoms with Gasteiger partial charge in [-0.2, -0.15) is 4.31 Å². The van der Waals surface area contributed by atoms with Gasteiger partial charge in [0.25, 0.3) is 5.56 Å². The van der Waals surface area contributed by atoms with Gasteiger partial charge < -0.3 is 29.5 Å². The number of aromatic amines is 1. The van der Waals surface area contributed by atoms with E-state index in [0.29, 0.717) is 0 Å². The van der Waals surface area contributed by atoms with Crippen molar-refractivity contribution in [3.63, 3.8) is 0 Å². The van der Waals surface area contributed by atoms with E-state index in [-0.39, 0.29) is 24.0 Å². The van der Waals surface area contributed by atoms with E-state index >= 15 is 0 Å². The molecule has 2 aliphatic rings. The number of nitrogens with one attached hydrogen (secondary N) is 1. The molecule has 3 rings (SSSR count). The number of aryl methyl sites for hydroxylation is 1. The summed E-state index contributed by atoms with van der Waals surface area (Å²) in [6.07, 6.45) is -5.68. The molecule has 0 radical (unpaired) electrons. The van der Waals surface area contributed by atoms with Crippen LogP contribution < -0.4 is 11.2 Å². The highest BCUT2D eigenvalue weighted by atomic mass is 31.3. The number of aromatic nitrogens is 2. The Balaban J connectivity index is 1.57. The van der Waals surface area contributed by atoms with Gasteiger partial charge in [0.1, 0.15) is 18.4 Å². The molecule has 0 amide bonds. The van der Waals surface area contributed by atoms with Gasteiger partial charge >= 0.3 is 21.3 Å². The third kappa shape index (κ3) is 6.59. The molecular formula is C17H26N2O13P2. The maximum Gasteiger partial charge on any atom is 0.483 e. The summed E-state index contributed by atoms with van der Waals surface area (Å²) in [5.74, 6) is 0. The van der Waals surface area contributed by atoms with E-state index in [9.17, 15) is 38.7 Å². The molecule has 34 heavy (non-hydrogen) atoms. The van der Waals surface area contributed by atoms with Crippen molar-refractivity contribution in [2.75, 3.05) is 6.61 Å². The van der Waals surface area contributed by atoms with Crippen LogP contribution in [0, 0.1) is 6.92 Å². The fraction of sp³-hybridized carbons (Fsp3) is 0.647. The minimum atomic E-state index is -5.19. The molecule has 0 saturated carbocycles. The third-order valence-electron chi connectivity index (χ3n) is 5.18. The van der Waals surface area contributed by atoms with Crippen LogP contribution in [-0.4, -0.2) is 66.9 Å². The van der Waals surface area contributed by atoms with Gasteiger partial charge in [0.15, 0.2) is 6.29 Å². The SMILES string of the molecule is C=C1C[C@@H](OP(=O)(O)OP(=O)(O)OC[C@H]2O[C@@H](n3cc(C)c(=O)[nH]c3=O)C[C@@H]2O)O[C@H](C)[C@H]1O. The molecule has 1 aromatic heterocycles. The zero-order valence-corrected chi connectivity index (χ0v) is 20.0. The molecule has 2 unspecified atom stereocenters. The molecule has 0 aromatic carbocycles. The zero-order chi connectivity index (χ0) is 25.4. The van der Waals surface area contributed by atoms with Crippen LogP contribution in [0.25, 0.3) is 0 Å². The Morgan fingerprint density at radius 3 is 2.56 bits per heavy atom. The zero-order valence-electron chi connectivity index (χ0n) is 18.2. The molecule has 8 atom stereocenters. The van der Waals surface area contributed by atoms with Crippen molar-refractivity contribution < 1.29 is 52.0 Å². The Morgan fingerprint density at radius 1 is 1.24 bits per heavy atom. The molecule has 2 fully saturated rings. The normalized spacial score (nSPS) is 33.4. The number of H-pyrrole nitrogens is 1. The number of hydrogen-bond acceptors (Lipinski definition) is 11. The first-order valence-corrected chi connectivity index (χ1v) is 13.0. The fourth-order valence-electron chi connectivity index (χ4n) is 3.42. The summed E-state index contributed by atoms with van der Waals surface area (Å²) in [6, 6.07) is 0. The Morgan fingerprint density at radius 2 is 1.91 bits per heavy atom. The van der Waals surface area contributed by atoms with Gasteiger partial charge in [-0.1, -0.05) is 6.58 Å². The van der Waals surface area contributed by atoms with Crippen LogP contribution in [0.3, 0.4) is 0 Å². The number of nitrogens with zero attached hydrogens (tertiary/aromatic N) is 1. The average Bonchev–Trinajstić information content (AvgIpc) is 3.06. The van der Waals surface area contributed by atoms with E-state index in [1.165, 1.54) is 20.0 Å². The molecule has 2 saturated heterocycles. The van der Waals surface area contributed by atoms with Crippen LogP contribution >= 0.6 is 15.6 Å². The molecule has 0 aliphatic carbocycles. The molecule has 3 heterocycles. The van der Waals surface area contributed by atoms with Crippen LogP contribution in [0.1, 0.15) is 31.6 Å². The first kappa shape index (κ1) is 27.1. The van der Waals surface area contributed by atoms with Crippen molar-refractivity contribution in [1.29, 1.82) is 0 Å². The Labute approximate surface area is 192 Å². The molecule has 192 valence electrons. The van der Waals surface area contributed by atoms with E-state index in [1.807, 2.05) is 0 Å². The summed E-state index contributed by atoms with van der Waals surface area (Å²) < 4.78 is 49.7. The lowest BCUT2D eigenvalue weighted by Gasteiger charge is -2.33. The van der Waals surface area contributed by atoms with Crippen LogP contribution in [0.2, 0.25) is 0 Å². The summed E-state index contributed by atoms with van der Waals surface area (Å²) in [4.78, 5) is 45.3. The summed E-state index contributed by atoms with van der Waals surface area (Å²) >= 11 is 0. The first-order valence-electron chi connectivity index (χ1n) is 10.0. The quantitative estimate of drug-likeness (QED) is 0.218. The minimum absolute atomic E-state index is 0.107. The van der Waals surface area contributed by atoms with Gasteiger partial charge in [0.2, 0.25) is 0 Å². The fourth-order valence-corrected chi connectivity index (χ4v) is 5.56. The lowest BCUT2D eigenvalue weighted by molar-refractivity contribution is -0.166. The highest BCUT2D eigenvalue weighted by Gasteiger charge is 2.42. The number of aliphatic hydroxyl groups is 2. The van der Waals surface area contributed by atoms with E-state index in [2.05, 4.69) is 20.4 Å². The third-order valence-corrected chi connectivity index (χ3v) is 7.81. The maximum absolute atomic E-state index is 12.2. The van der Waals surface area contributed by atoms with Crippen molar-refractivity contribution in [2.24, 2.45) is 0 Å². The Bertz CT molecular complexity index is 1130. The van der Waals surface area contributed by atoms with Gasteiger partial charge in [0.05, 0.1) is 18.8 Å². The van der Waals surface area contributed by atoms with Crippen molar-refractivity contribution in [3.05, 3.63) is 44.8 Å². The molecule has 15 nitrogen and oxygen atoms in total. The topological polar surface area (TPSA) is 216 Å². The first-order chi connectivity index (χ1) is 15.7. The number of hydrogen-bond donors (Lipinski definition) is 5. The predicted molar refractivity (Wildman–Crippen MR) is 112 cm³/mol. The minimum Gasteiger partial charge on any atom is -0.390 e. The second kappa shape index (κ2) is 10.2. The van der Waals surface area contributed by atoms with Gasteiger partial charge in [-0.05, 0) is 19.4 Å². The van der Waals surface area contributed by atoms with Crippen molar-refractivity contribution in [3.8, 4) is 0 Å². The number of rotatable bonds is 8. The average molecular weight is 528 g/mol. The highest BCUT2D eigenvalue weighted by molar-refractivity contribution is 7.61. The maximum atomic E-state index is 12.2. The molecular weight excluding hydrogens is 502 g/mol. The number of ether oxygens (including phenoxy) is 2. The predicted octanol–water partition coefficient (Wildman–Crippen LogP) is -0.204. The summed E-state index contributed by atoms with van der Waals surface area (Å²) in [5, 5.41) is 19.9. The Hall–Kier alpha value is -1.48. The van der Waals surface area contributed by atoms with Gasteiger partial charge in [0, 0.05) is 24.6 Å². The molecule has 0 bridgehead atoms. The molecule has 5 N–H and O–H groups in total. The van der Waals surface area contributed by atoms with E-state index in [4.69, 9.17) is 14.0 Å². The van der Waals surface area contributed by atoms with Crippen LogP contribution in [0.5, 0.6) is 0 Å². The smallest absolute Gasteiger partial charge is 0.390 e. The standard InChI is InChI=1S/C17H26N2O13P2/c1-8-4-14(29-10(3)15(8)21)31-34(26,27)32-33(24,25)28-7-12-11(20)5-13(30-12)19-6-9(2)16(22)18-17(19)23/h6,10-15,20-21H,1,4-5,7H2,2-3H3,(H,24,25)(H,26,27)(H,18,22,23)/t10-,11+,12-,13-,14-,15+/m1/s1. The summed E-state index contributed by atoms with van der Waals surface area (Å²) in [7, 11) is -10.4. The second-order valence-electron chi connectivity index (χ2n) is 7.91. The van der Waals surface area contributed by atoms with Crippen LogP contribution in [0.15, 0.2) is 27.9 Å². The van der Waals surface area contributed by atoms with Crippen molar-refractivity contribution in [2.45, 2.75) is 63.6 Å². The Kier molecular flexibility index (Phi) is 8.17. The van der Waals surface area contributed by atoms with E-state index < -0.39 is 70.4 Å². The van der Waals surface area contributed by atoms with E-state index in [1.54, 1.807) is 0 Å².